The molecule has 6 heteroatoms. The Morgan fingerprint density at radius 3 is 2.69 bits per heavy atom. The van der Waals surface area contributed by atoms with Gasteiger partial charge in [-0.25, -0.2) is 0 Å². The Balaban J connectivity index is 1.58. The van der Waals surface area contributed by atoms with Crippen molar-refractivity contribution in [1.82, 2.24) is 0 Å². The number of rotatable bonds is 3. The smallest absolute Gasteiger partial charge is 0.231 e. The van der Waals surface area contributed by atoms with E-state index < -0.39 is 0 Å². The van der Waals surface area contributed by atoms with E-state index in [1.165, 1.54) is 11.3 Å². The molecule has 128 valence electrons. The number of nitrogens with two attached hydrogens (primary N) is 1. The topological polar surface area (TPSA) is 81.5 Å². The molecular weight excluding hydrogens is 348 g/mol. The molecule has 0 aliphatic carbocycles. The van der Waals surface area contributed by atoms with Crippen LogP contribution in [0, 0.1) is 5.41 Å². The van der Waals surface area contributed by atoms with Crippen molar-refractivity contribution >= 4 is 27.3 Å². The summed E-state index contributed by atoms with van der Waals surface area (Å²) in [6.45, 7) is 0.251. The summed E-state index contributed by atoms with van der Waals surface area (Å²) in [6, 6.07) is 17.6. The van der Waals surface area contributed by atoms with Crippen LogP contribution in [0.4, 0.5) is 0 Å². The molecule has 0 bridgehead atoms. The first-order valence-electron chi connectivity index (χ1n) is 8.06. The number of furan rings is 1. The molecule has 4 aromatic rings. The third-order valence-electron chi connectivity index (χ3n) is 4.36. The summed E-state index contributed by atoms with van der Waals surface area (Å²) in [7, 11) is 0. The van der Waals surface area contributed by atoms with E-state index in [0.29, 0.717) is 0 Å². The minimum atomic E-state index is 0.0812. The molecule has 1 aliphatic rings. The molecule has 26 heavy (non-hydrogen) atoms. The molecule has 0 atom stereocenters. The number of hydrogen-bond donors (Lipinski definition) is 2. The van der Waals surface area contributed by atoms with Crippen LogP contribution in [0.1, 0.15) is 4.88 Å². The lowest BCUT2D eigenvalue weighted by Gasteiger charge is -2.01. The van der Waals surface area contributed by atoms with E-state index in [1.54, 1.807) is 0 Å². The van der Waals surface area contributed by atoms with Gasteiger partial charge in [-0.15, -0.1) is 11.3 Å². The van der Waals surface area contributed by atoms with Crippen LogP contribution in [0.15, 0.2) is 59.0 Å². The van der Waals surface area contributed by atoms with Crippen molar-refractivity contribution in [2.75, 3.05) is 6.79 Å². The molecule has 0 saturated carbocycles. The zero-order valence-corrected chi connectivity index (χ0v) is 14.4. The fraction of sp³-hybridized carbons (Fsp3) is 0.0500. The molecule has 0 amide bonds. The van der Waals surface area contributed by atoms with Gasteiger partial charge in [-0.2, -0.15) is 0 Å². The van der Waals surface area contributed by atoms with Gasteiger partial charge in [-0.3, -0.25) is 5.41 Å². The largest absolute Gasteiger partial charge is 0.456 e. The molecule has 1 aliphatic heterocycles. The highest BCUT2D eigenvalue weighted by Gasteiger charge is 2.17. The van der Waals surface area contributed by atoms with Gasteiger partial charge >= 0.3 is 0 Å². The van der Waals surface area contributed by atoms with Crippen molar-refractivity contribution < 1.29 is 13.9 Å². The minimum absolute atomic E-state index is 0.0812. The lowest BCUT2D eigenvalue weighted by molar-refractivity contribution is 0.174. The highest BCUT2D eigenvalue weighted by atomic mass is 32.1. The van der Waals surface area contributed by atoms with Crippen LogP contribution in [0.3, 0.4) is 0 Å². The number of nitrogen functional groups attached to an aromatic ring is 1. The fourth-order valence-electron chi connectivity index (χ4n) is 3.10. The predicted molar refractivity (Wildman–Crippen MR) is 102 cm³/mol. The molecule has 0 fully saturated rings. The van der Waals surface area contributed by atoms with E-state index in [0.717, 1.165) is 49.1 Å². The summed E-state index contributed by atoms with van der Waals surface area (Å²) in [5.74, 6) is 3.10. The van der Waals surface area contributed by atoms with Crippen molar-refractivity contribution in [2.45, 2.75) is 0 Å². The summed E-state index contributed by atoms with van der Waals surface area (Å²) < 4.78 is 18.0. The van der Waals surface area contributed by atoms with E-state index in [2.05, 4.69) is 0 Å². The summed E-state index contributed by atoms with van der Waals surface area (Å²) in [4.78, 5) is 0.759. The standard InChI is InChI=1S/C20H14N2O3S/c21-20(22)19-9-13-12(2-1-3-18(13)26-19)15-7-6-14(25-15)11-4-5-16-17(8-11)24-10-23-16/h1-9H,10H2,(H3,21,22). The molecule has 0 unspecified atom stereocenters. The number of hydrogen-bond acceptors (Lipinski definition) is 5. The second-order valence-corrected chi connectivity index (χ2v) is 7.06. The van der Waals surface area contributed by atoms with Gasteiger partial charge in [0.1, 0.15) is 17.4 Å². The third-order valence-corrected chi connectivity index (χ3v) is 5.49. The van der Waals surface area contributed by atoms with E-state index in [1.807, 2.05) is 54.6 Å². The van der Waals surface area contributed by atoms with E-state index >= 15 is 0 Å². The quantitative estimate of drug-likeness (QED) is 0.403. The van der Waals surface area contributed by atoms with Gasteiger partial charge in [0.15, 0.2) is 11.5 Å². The average molecular weight is 362 g/mol. The van der Waals surface area contributed by atoms with Crippen LogP contribution in [-0.4, -0.2) is 12.6 Å². The second kappa shape index (κ2) is 5.64. The molecular formula is C20H14N2O3S. The highest BCUT2D eigenvalue weighted by molar-refractivity contribution is 7.20. The number of benzene rings is 2. The maximum Gasteiger partial charge on any atom is 0.231 e. The number of amidine groups is 1. The van der Waals surface area contributed by atoms with Gasteiger partial charge in [-0.1, -0.05) is 12.1 Å². The zero-order valence-electron chi connectivity index (χ0n) is 13.6. The zero-order chi connectivity index (χ0) is 17.7. The molecule has 2 aromatic heterocycles. The monoisotopic (exact) mass is 362 g/mol. The Morgan fingerprint density at radius 2 is 1.81 bits per heavy atom. The van der Waals surface area contributed by atoms with Crippen molar-refractivity contribution in [3.05, 3.63) is 59.5 Å². The van der Waals surface area contributed by atoms with Crippen LogP contribution in [0.2, 0.25) is 0 Å². The fourth-order valence-corrected chi connectivity index (χ4v) is 4.05. The Labute approximate surface area is 153 Å². The molecule has 0 saturated heterocycles. The first-order valence-corrected chi connectivity index (χ1v) is 8.88. The van der Waals surface area contributed by atoms with Gasteiger partial charge in [0.05, 0.1) is 4.88 Å². The predicted octanol–water partition coefficient (Wildman–Crippen LogP) is 4.84. The van der Waals surface area contributed by atoms with Crippen molar-refractivity contribution in [2.24, 2.45) is 5.73 Å². The Bertz CT molecular complexity index is 1160. The lowest BCUT2D eigenvalue weighted by Crippen LogP contribution is -2.08. The molecule has 3 N–H and O–H groups in total. The maximum absolute atomic E-state index is 7.66. The van der Waals surface area contributed by atoms with Crippen LogP contribution in [-0.2, 0) is 0 Å². The summed E-state index contributed by atoms with van der Waals surface area (Å²) in [6.07, 6.45) is 0. The van der Waals surface area contributed by atoms with Crippen LogP contribution in [0.5, 0.6) is 11.5 Å². The Morgan fingerprint density at radius 1 is 0.962 bits per heavy atom. The number of ether oxygens (including phenoxy) is 2. The first-order chi connectivity index (χ1) is 12.7. The van der Waals surface area contributed by atoms with Crippen LogP contribution in [0.25, 0.3) is 32.7 Å². The number of thiophene rings is 1. The molecule has 2 aromatic carbocycles. The van der Waals surface area contributed by atoms with Crippen molar-refractivity contribution in [3.63, 3.8) is 0 Å². The number of fused-ring (bicyclic) bond motifs is 2. The van der Waals surface area contributed by atoms with Gasteiger partial charge in [0.25, 0.3) is 0 Å². The molecule has 0 radical (unpaired) electrons. The summed E-state index contributed by atoms with van der Waals surface area (Å²) in [5, 5.41) is 8.70. The Hall–Kier alpha value is -3.25. The minimum Gasteiger partial charge on any atom is -0.456 e. The maximum atomic E-state index is 7.66. The SMILES string of the molecule is N=C(N)c1cc2c(-c3ccc(-c4ccc5c(c4)OCO5)o3)cccc2s1. The molecule has 0 spiro atoms. The first kappa shape index (κ1) is 15.0. The van der Waals surface area contributed by atoms with Gasteiger partial charge in [0.2, 0.25) is 6.79 Å². The third kappa shape index (κ3) is 2.34. The van der Waals surface area contributed by atoms with E-state index in [-0.39, 0.29) is 12.6 Å². The van der Waals surface area contributed by atoms with E-state index in [4.69, 9.17) is 25.0 Å². The van der Waals surface area contributed by atoms with Crippen molar-refractivity contribution in [1.29, 1.82) is 5.41 Å². The van der Waals surface area contributed by atoms with Crippen molar-refractivity contribution in [3.8, 4) is 34.1 Å². The molecule has 5 rings (SSSR count). The molecule has 3 heterocycles. The lowest BCUT2D eigenvalue weighted by atomic mass is 10.1. The highest BCUT2D eigenvalue weighted by Crippen LogP contribution is 2.39. The number of nitrogens with one attached hydrogen (secondary N) is 1. The van der Waals surface area contributed by atoms with Gasteiger partial charge in [-0.05, 0) is 42.5 Å². The van der Waals surface area contributed by atoms with Gasteiger partial charge in [0, 0.05) is 21.2 Å². The van der Waals surface area contributed by atoms with Gasteiger partial charge < -0.3 is 19.6 Å². The normalized spacial score (nSPS) is 12.6. The second-order valence-electron chi connectivity index (χ2n) is 5.97. The summed E-state index contributed by atoms with van der Waals surface area (Å²) in [5.41, 5.74) is 7.56. The Kier molecular flexibility index (Phi) is 3.26. The van der Waals surface area contributed by atoms with Crippen LogP contribution < -0.4 is 15.2 Å². The van der Waals surface area contributed by atoms with Crippen LogP contribution >= 0.6 is 11.3 Å². The average Bonchev–Trinajstić information content (AvgIpc) is 3.38. The summed E-state index contributed by atoms with van der Waals surface area (Å²) >= 11 is 1.51. The van der Waals surface area contributed by atoms with E-state index in [9.17, 15) is 0 Å². The molecule has 5 nitrogen and oxygen atoms in total.